The minimum Gasteiger partial charge on any atom is -0.312 e. The first-order valence-corrected chi connectivity index (χ1v) is 7.50. The highest BCUT2D eigenvalue weighted by Crippen LogP contribution is 2.38. The molecule has 0 radical (unpaired) electrons. The maximum Gasteiger partial charge on any atom is 0.223 e. The molecule has 0 spiro atoms. The summed E-state index contributed by atoms with van der Waals surface area (Å²) < 4.78 is 0. The van der Waals surface area contributed by atoms with Crippen LogP contribution in [0.15, 0.2) is 36.4 Å². The summed E-state index contributed by atoms with van der Waals surface area (Å²) in [6, 6.07) is 8.35. The lowest BCUT2D eigenvalue weighted by Crippen LogP contribution is -2.31. The fourth-order valence-electron chi connectivity index (χ4n) is 3.27. The van der Waals surface area contributed by atoms with Gasteiger partial charge in [0.15, 0.2) is 0 Å². The molecular formula is C17H22N2O. The van der Waals surface area contributed by atoms with Gasteiger partial charge in [0.05, 0.1) is 0 Å². The van der Waals surface area contributed by atoms with E-state index in [0.717, 1.165) is 31.7 Å². The van der Waals surface area contributed by atoms with E-state index in [9.17, 15) is 4.79 Å². The molecule has 0 N–H and O–H groups in total. The molecule has 1 unspecified atom stereocenters. The Morgan fingerprint density at radius 2 is 2.15 bits per heavy atom. The number of rotatable bonds is 3. The SMILES string of the molecule is CC(=O)N1CC(CCN2CC=CCC2)c2ccccc21. The van der Waals surface area contributed by atoms with Crippen molar-refractivity contribution in [2.75, 3.05) is 31.1 Å². The predicted molar refractivity (Wildman–Crippen MR) is 82.0 cm³/mol. The predicted octanol–water partition coefficient (Wildman–Crippen LogP) is 2.79. The smallest absolute Gasteiger partial charge is 0.223 e. The van der Waals surface area contributed by atoms with E-state index < -0.39 is 0 Å². The molecule has 0 saturated carbocycles. The Morgan fingerprint density at radius 3 is 2.90 bits per heavy atom. The zero-order chi connectivity index (χ0) is 13.9. The summed E-state index contributed by atoms with van der Waals surface area (Å²) in [5, 5.41) is 0. The standard InChI is InChI=1S/C17H22N2O/c1-14(20)19-13-15(16-7-3-4-8-17(16)19)9-12-18-10-5-2-6-11-18/h2-5,7-8,15H,6,9-13H2,1H3. The van der Waals surface area contributed by atoms with Crippen LogP contribution in [0.5, 0.6) is 0 Å². The van der Waals surface area contributed by atoms with Crippen molar-refractivity contribution in [3.05, 3.63) is 42.0 Å². The van der Waals surface area contributed by atoms with Crippen LogP contribution in [0.4, 0.5) is 5.69 Å². The number of carbonyl (C=O) groups is 1. The monoisotopic (exact) mass is 270 g/mol. The summed E-state index contributed by atoms with van der Waals surface area (Å²) >= 11 is 0. The first-order chi connectivity index (χ1) is 9.75. The molecule has 2 heterocycles. The number of para-hydroxylation sites is 1. The van der Waals surface area contributed by atoms with Crippen molar-refractivity contribution in [3.8, 4) is 0 Å². The first kappa shape index (κ1) is 13.4. The maximum atomic E-state index is 11.8. The third kappa shape index (κ3) is 2.63. The Bertz CT molecular complexity index is 523. The average molecular weight is 270 g/mol. The lowest BCUT2D eigenvalue weighted by molar-refractivity contribution is -0.116. The van der Waals surface area contributed by atoms with E-state index in [4.69, 9.17) is 0 Å². The summed E-state index contributed by atoms with van der Waals surface area (Å²) in [4.78, 5) is 16.2. The molecule has 2 aliphatic heterocycles. The molecule has 0 aromatic heterocycles. The number of amides is 1. The van der Waals surface area contributed by atoms with Crippen molar-refractivity contribution >= 4 is 11.6 Å². The number of carbonyl (C=O) groups excluding carboxylic acids is 1. The van der Waals surface area contributed by atoms with Gasteiger partial charge in [-0.2, -0.15) is 0 Å². The van der Waals surface area contributed by atoms with Crippen molar-refractivity contribution in [3.63, 3.8) is 0 Å². The number of nitrogens with zero attached hydrogens (tertiary/aromatic N) is 2. The van der Waals surface area contributed by atoms with Gasteiger partial charge in [-0.15, -0.1) is 0 Å². The lowest BCUT2D eigenvalue weighted by atomic mass is 9.97. The largest absolute Gasteiger partial charge is 0.312 e. The van der Waals surface area contributed by atoms with Crippen LogP contribution in [-0.2, 0) is 4.79 Å². The van der Waals surface area contributed by atoms with Gasteiger partial charge in [-0.05, 0) is 31.0 Å². The summed E-state index contributed by atoms with van der Waals surface area (Å²) in [6.45, 7) is 5.87. The van der Waals surface area contributed by atoms with Crippen molar-refractivity contribution < 1.29 is 4.79 Å². The summed E-state index contributed by atoms with van der Waals surface area (Å²) in [5.41, 5.74) is 2.46. The van der Waals surface area contributed by atoms with Crippen LogP contribution in [0, 0.1) is 0 Å². The zero-order valence-corrected chi connectivity index (χ0v) is 12.1. The molecule has 0 bridgehead atoms. The lowest BCUT2D eigenvalue weighted by Gasteiger charge is -2.24. The van der Waals surface area contributed by atoms with Crippen LogP contribution >= 0.6 is 0 Å². The third-order valence-electron chi connectivity index (χ3n) is 4.39. The van der Waals surface area contributed by atoms with E-state index in [1.807, 2.05) is 11.0 Å². The van der Waals surface area contributed by atoms with Gasteiger partial charge < -0.3 is 4.90 Å². The van der Waals surface area contributed by atoms with Crippen LogP contribution in [0.1, 0.15) is 31.2 Å². The number of anilines is 1. The topological polar surface area (TPSA) is 23.6 Å². The molecule has 0 saturated heterocycles. The van der Waals surface area contributed by atoms with E-state index in [1.165, 1.54) is 18.5 Å². The third-order valence-corrected chi connectivity index (χ3v) is 4.39. The molecule has 0 fully saturated rings. The van der Waals surface area contributed by atoms with E-state index in [-0.39, 0.29) is 5.91 Å². The summed E-state index contributed by atoms with van der Waals surface area (Å²) in [6.07, 6.45) is 6.82. The summed E-state index contributed by atoms with van der Waals surface area (Å²) in [5.74, 6) is 0.641. The maximum absolute atomic E-state index is 11.8. The second-order valence-electron chi connectivity index (χ2n) is 5.73. The number of hydrogen-bond acceptors (Lipinski definition) is 2. The second-order valence-corrected chi connectivity index (χ2v) is 5.73. The van der Waals surface area contributed by atoms with Crippen LogP contribution in [-0.4, -0.2) is 37.0 Å². The molecule has 3 rings (SSSR count). The number of hydrogen-bond donors (Lipinski definition) is 0. The average Bonchev–Trinajstić information content (AvgIpc) is 2.85. The van der Waals surface area contributed by atoms with Gasteiger partial charge in [0, 0.05) is 38.2 Å². The zero-order valence-electron chi connectivity index (χ0n) is 12.1. The normalized spacial score (nSPS) is 22.1. The fraction of sp³-hybridized carbons (Fsp3) is 0.471. The number of benzene rings is 1. The number of fused-ring (bicyclic) bond motifs is 1. The Labute approximate surface area is 120 Å². The second kappa shape index (κ2) is 5.80. The molecule has 0 aliphatic carbocycles. The van der Waals surface area contributed by atoms with Gasteiger partial charge in [-0.25, -0.2) is 0 Å². The van der Waals surface area contributed by atoms with Crippen molar-refractivity contribution in [2.24, 2.45) is 0 Å². The Hall–Kier alpha value is -1.61. The molecule has 1 amide bonds. The minimum absolute atomic E-state index is 0.154. The van der Waals surface area contributed by atoms with Crippen molar-refractivity contribution in [2.45, 2.75) is 25.7 Å². The first-order valence-electron chi connectivity index (χ1n) is 7.50. The van der Waals surface area contributed by atoms with E-state index >= 15 is 0 Å². The molecule has 1 aromatic rings. The molecule has 2 aliphatic rings. The van der Waals surface area contributed by atoms with Crippen molar-refractivity contribution in [1.82, 2.24) is 4.90 Å². The van der Waals surface area contributed by atoms with Gasteiger partial charge in [0.2, 0.25) is 5.91 Å². The summed E-state index contributed by atoms with van der Waals surface area (Å²) in [7, 11) is 0. The highest BCUT2D eigenvalue weighted by molar-refractivity contribution is 5.94. The van der Waals surface area contributed by atoms with Crippen molar-refractivity contribution in [1.29, 1.82) is 0 Å². The molecule has 3 nitrogen and oxygen atoms in total. The highest BCUT2D eigenvalue weighted by Gasteiger charge is 2.30. The Morgan fingerprint density at radius 1 is 1.30 bits per heavy atom. The minimum atomic E-state index is 0.154. The van der Waals surface area contributed by atoms with Crippen LogP contribution in [0.25, 0.3) is 0 Å². The van der Waals surface area contributed by atoms with Crippen LogP contribution in [0.3, 0.4) is 0 Å². The van der Waals surface area contributed by atoms with Crippen LogP contribution < -0.4 is 4.90 Å². The Balaban J connectivity index is 1.68. The van der Waals surface area contributed by atoms with Crippen LogP contribution in [0.2, 0.25) is 0 Å². The fourth-order valence-corrected chi connectivity index (χ4v) is 3.27. The molecular weight excluding hydrogens is 248 g/mol. The van der Waals surface area contributed by atoms with Gasteiger partial charge in [-0.3, -0.25) is 9.69 Å². The Kier molecular flexibility index (Phi) is 3.88. The molecule has 20 heavy (non-hydrogen) atoms. The quantitative estimate of drug-likeness (QED) is 0.789. The molecule has 1 aromatic carbocycles. The molecule has 106 valence electrons. The van der Waals surface area contributed by atoms with E-state index in [2.05, 4.69) is 35.3 Å². The molecule has 1 atom stereocenters. The van der Waals surface area contributed by atoms with Gasteiger partial charge in [-0.1, -0.05) is 30.4 Å². The van der Waals surface area contributed by atoms with Gasteiger partial charge >= 0.3 is 0 Å². The van der Waals surface area contributed by atoms with Gasteiger partial charge in [0.1, 0.15) is 0 Å². The molecule has 3 heteroatoms. The van der Waals surface area contributed by atoms with E-state index in [1.54, 1.807) is 6.92 Å². The highest BCUT2D eigenvalue weighted by atomic mass is 16.2. The van der Waals surface area contributed by atoms with E-state index in [0.29, 0.717) is 5.92 Å². The van der Waals surface area contributed by atoms with Gasteiger partial charge in [0.25, 0.3) is 0 Å².